The fourth-order valence-electron chi connectivity index (χ4n) is 1.75. The van der Waals surface area contributed by atoms with Crippen LogP contribution in [0.15, 0.2) is 42.6 Å². The van der Waals surface area contributed by atoms with Crippen LogP contribution in [0.3, 0.4) is 0 Å². The van der Waals surface area contributed by atoms with Crippen LogP contribution in [0.2, 0.25) is 0 Å². The second kappa shape index (κ2) is 4.87. The molecule has 0 bridgehead atoms. The topological polar surface area (TPSA) is 38.3 Å². The number of carbonyl (C=O) groups is 1. The van der Waals surface area contributed by atoms with Crippen molar-refractivity contribution in [1.29, 1.82) is 0 Å². The molecule has 2 rings (SSSR count). The van der Waals surface area contributed by atoms with Crippen molar-refractivity contribution in [3.05, 3.63) is 48.2 Å². The van der Waals surface area contributed by atoms with Gasteiger partial charge in [-0.15, -0.1) is 0 Å². The molecule has 88 valence electrons. The first-order valence-electron chi connectivity index (χ1n) is 5.59. The van der Waals surface area contributed by atoms with Gasteiger partial charge in [0.25, 0.3) is 0 Å². The molecule has 0 atom stereocenters. The van der Waals surface area contributed by atoms with Crippen molar-refractivity contribution in [2.24, 2.45) is 0 Å². The molecule has 0 unspecified atom stereocenters. The highest BCUT2D eigenvalue weighted by Crippen LogP contribution is 2.22. The van der Waals surface area contributed by atoms with Crippen LogP contribution in [0.25, 0.3) is 5.70 Å². The summed E-state index contributed by atoms with van der Waals surface area (Å²) in [6, 6.07) is 7.43. The largest absolute Gasteiger partial charge is 0.427 e. The van der Waals surface area contributed by atoms with Crippen molar-refractivity contribution >= 4 is 11.7 Å². The lowest BCUT2D eigenvalue weighted by molar-refractivity contribution is -0.131. The minimum atomic E-state index is -0.305. The van der Waals surface area contributed by atoms with Crippen LogP contribution in [0, 0.1) is 0 Å². The Morgan fingerprint density at radius 3 is 2.65 bits per heavy atom. The minimum Gasteiger partial charge on any atom is -0.427 e. The van der Waals surface area contributed by atoms with Crippen LogP contribution in [0.4, 0.5) is 0 Å². The van der Waals surface area contributed by atoms with Gasteiger partial charge < -0.3 is 10.1 Å². The monoisotopic (exact) mass is 229 g/mol. The van der Waals surface area contributed by atoms with Gasteiger partial charge in [0.15, 0.2) is 0 Å². The second-order valence-corrected chi connectivity index (χ2v) is 4.00. The van der Waals surface area contributed by atoms with Gasteiger partial charge in [0, 0.05) is 18.3 Å². The molecule has 0 amide bonds. The van der Waals surface area contributed by atoms with Crippen molar-refractivity contribution in [2.75, 3.05) is 0 Å². The van der Waals surface area contributed by atoms with E-state index in [1.807, 2.05) is 12.1 Å². The molecular formula is C14H15NO2. The van der Waals surface area contributed by atoms with Gasteiger partial charge in [-0.1, -0.05) is 12.7 Å². The Morgan fingerprint density at radius 1 is 1.35 bits per heavy atom. The SMILES string of the molecule is C=C1CCC=C(c2ccc(OC(C)=O)cc2)N1. The normalized spacial score (nSPS) is 14.9. The maximum absolute atomic E-state index is 10.8. The Balaban J connectivity index is 2.15. The molecule has 1 N–H and O–H groups in total. The number of ether oxygens (including phenoxy) is 1. The molecule has 0 aromatic heterocycles. The van der Waals surface area contributed by atoms with Crippen LogP contribution in [-0.4, -0.2) is 5.97 Å². The summed E-state index contributed by atoms with van der Waals surface area (Å²) in [4.78, 5) is 10.8. The predicted molar refractivity (Wildman–Crippen MR) is 67.2 cm³/mol. The molecule has 3 nitrogen and oxygen atoms in total. The number of rotatable bonds is 2. The summed E-state index contributed by atoms with van der Waals surface area (Å²) in [5.74, 6) is 0.262. The van der Waals surface area contributed by atoms with E-state index in [4.69, 9.17) is 4.74 Å². The number of benzene rings is 1. The molecule has 0 radical (unpaired) electrons. The summed E-state index contributed by atoms with van der Waals surface area (Å²) >= 11 is 0. The van der Waals surface area contributed by atoms with Crippen LogP contribution in [0.5, 0.6) is 5.75 Å². The highest BCUT2D eigenvalue weighted by molar-refractivity contribution is 5.70. The molecule has 0 fully saturated rings. The Hall–Kier alpha value is -2.03. The summed E-state index contributed by atoms with van der Waals surface area (Å²) in [6.45, 7) is 5.32. The first kappa shape index (κ1) is 11.5. The molecule has 1 aromatic rings. The third-order valence-corrected chi connectivity index (χ3v) is 2.53. The zero-order chi connectivity index (χ0) is 12.3. The molecule has 1 aliphatic rings. The van der Waals surface area contributed by atoms with E-state index in [2.05, 4.69) is 18.0 Å². The van der Waals surface area contributed by atoms with E-state index >= 15 is 0 Å². The molecule has 0 saturated heterocycles. The molecule has 0 aliphatic carbocycles. The van der Waals surface area contributed by atoms with E-state index in [0.717, 1.165) is 29.8 Å². The molecule has 3 heteroatoms. The van der Waals surface area contributed by atoms with Crippen molar-refractivity contribution in [3.8, 4) is 5.75 Å². The second-order valence-electron chi connectivity index (χ2n) is 4.00. The smallest absolute Gasteiger partial charge is 0.308 e. The summed E-state index contributed by atoms with van der Waals surface area (Å²) < 4.78 is 4.98. The average Bonchev–Trinajstić information content (AvgIpc) is 2.29. The quantitative estimate of drug-likeness (QED) is 0.626. The molecular weight excluding hydrogens is 214 g/mol. The lowest BCUT2D eigenvalue weighted by Crippen LogP contribution is -2.14. The number of allylic oxidation sites excluding steroid dienone is 2. The van der Waals surface area contributed by atoms with Crippen LogP contribution >= 0.6 is 0 Å². The van der Waals surface area contributed by atoms with Crippen molar-refractivity contribution in [1.82, 2.24) is 5.32 Å². The number of hydrogen-bond acceptors (Lipinski definition) is 3. The van der Waals surface area contributed by atoms with E-state index in [-0.39, 0.29) is 5.97 Å². The molecule has 0 spiro atoms. The van der Waals surface area contributed by atoms with Crippen LogP contribution in [0.1, 0.15) is 25.3 Å². The van der Waals surface area contributed by atoms with Gasteiger partial charge in [0.2, 0.25) is 0 Å². The number of carbonyl (C=O) groups excluding carboxylic acids is 1. The lowest BCUT2D eigenvalue weighted by Gasteiger charge is -2.18. The molecule has 17 heavy (non-hydrogen) atoms. The van der Waals surface area contributed by atoms with E-state index in [1.165, 1.54) is 6.92 Å². The third-order valence-electron chi connectivity index (χ3n) is 2.53. The summed E-state index contributed by atoms with van der Waals surface area (Å²) in [6.07, 6.45) is 4.14. The predicted octanol–water partition coefficient (Wildman–Crippen LogP) is 2.85. The van der Waals surface area contributed by atoms with Crippen LogP contribution < -0.4 is 10.1 Å². The fraction of sp³-hybridized carbons (Fsp3) is 0.214. The lowest BCUT2D eigenvalue weighted by atomic mass is 10.1. The molecule has 1 aliphatic heterocycles. The van der Waals surface area contributed by atoms with Gasteiger partial charge in [-0.2, -0.15) is 0 Å². The standard InChI is InChI=1S/C14H15NO2/c1-10-4-3-5-14(15-10)12-6-8-13(9-7-12)17-11(2)16/h5-9,15H,1,3-4H2,2H3. The van der Waals surface area contributed by atoms with Gasteiger partial charge in [0.05, 0.1) is 0 Å². The maximum Gasteiger partial charge on any atom is 0.308 e. The summed E-state index contributed by atoms with van der Waals surface area (Å²) in [5.41, 5.74) is 3.17. The molecule has 1 heterocycles. The fourth-order valence-corrected chi connectivity index (χ4v) is 1.75. The molecule has 0 saturated carbocycles. The highest BCUT2D eigenvalue weighted by atomic mass is 16.5. The number of esters is 1. The van der Waals surface area contributed by atoms with Crippen molar-refractivity contribution in [3.63, 3.8) is 0 Å². The molecule has 1 aromatic carbocycles. The Bertz CT molecular complexity index is 472. The Labute approximate surface area is 101 Å². The number of nitrogens with one attached hydrogen (secondary N) is 1. The van der Waals surface area contributed by atoms with E-state index in [1.54, 1.807) is 12.1 Å². The zero-order valence-electron chi connectivity index (χ0n) is 9.82. The maximum atomic E-state index is 10.8. The van der Waals surface area contributed by atoms with E-state index < -0.39 is 0 Å². The van der Waals surface area contributed by atoms with Crippen molar-refractivity contribution < 1.29 is 9.53 Å². The zero-order valence-corrected chi connectivity index (χ0v) is 9.82. The van der Waals surface area contributed by atoms with Gasteiger partial charge in [-0.3, -0.25) is 4.79 Å². The van der Waals surface area contributed by atoms with Gasteiger partial charge in [-0.05, 0) is 42.7 Å². The Kier molecular flexibility index (Phi) is 3.28. The van der Waals surface area contributed by atoms with Gasteiger partial charge >= 0.3 is 5.97 Å². The van der Waals surface area contributed by atoms with E-state index in [9.17, 15) is 4.79 Å². The van der Waals surface area contributed by atoms with Gasteiger partial charge in [-0.25, -0.2) is 0 Å². The first-order chi connectivity index (χ1) is 8.15. The summed E-state index contributed by atoms with van der Waals surface area (Å²) in [5, 5.41) is 3.25. The number of hydrogen-bond donors (Lipinski definition) is 1. The Morgan fingerprint density at radius 2 is 2.06 bits per heavy atom. The van der Waals surface area contributed by atoms with Gasteiger partial charge in [0.1, 0.15) is 5.75 Å². The summed E-state index contributed by atoms with van der Waals surface area (Å²) in [7, 11) is 0. The minimum absolute atomic E-state index is 0.305. The van der Waals surface area contributed by atoms with Crippen molar-refractivity contribution in [2.45, 2.75) is 19.8 Å². The third kappa shape index (κ3) is 2.97. The first-order valence-corrected chi connectivity index (χ1v) is 5.59. The van der Waals surface area contributed by atoms with Crippen LogP contribution in [-0.2, 0) is 4.79 Å². The van der Waals surface area contributed by atoms with E-state index in [0.29, 0.717) is 5.75 Å². The average molecular weight is 229 g/mol. The highest BCUT2D eigenvalue weighted by Gasteiger charge is 2.08.